The molecule has 1 aliphatic rings. The van der Waals surface area contributed by atoms with Crippen LogP contribution in [0.1, 0.15) is 0 Å². The predicted octanol–water partition coefficient (Wildman–Crippen LogP) is 0.0370. The van der Waals surface area contributed by atoms with Crippen LogP contribution in [0.5, 0.6) is 0 Å². The Kier molecular flexibility index (Phi) is 2.48. The summed E-state index contributed by atoms with van der Waals surface area (Å²) in [4.78, 5) is 20.3. The molecule has 0 aliphatic carbocycles. The fourth-order valence-corrected chi connectivity index (χ4v) is 0.756. The van der Waals surface area contributed by atoms with E-state index >= 15 is 0 Å². The van der Waals surface area contributed by atoms with Crippen molar-refractivity contribution in [3.63, 3.8) is 0 Å². The molecule has 0 bridgehead atoms. The zero-order valence-corrected chi connectivity index (χ0v) is 6.64. The number of carboxylic acids is 2. The van der Waals surface area contributed by atoms with Gasteiger partial charge in [0.2, 0.25) is 0 Å². The van der Waals surface area contributed by atoms with Crippen LogP contribution in [0.3, 0.4) is 0 Å². The molecule has 13 heavy (non-hydrogen) atoms. The van der Waals surface area contributed by atoms with E-state index in [4.69, 9.17) is 14.9 Å². The summed E-state index contributed by atoms with van der Waals surface area (Å²) in [6.45, 7) is 0.320. The van der Waals surface area contributed by atoms with Crippen LogP contribution in [-0.4, -0.2) is 34.4 Å². The number of hydrogen-bond donors (Lipinski definition) is 2. The molecule has 1 aliphatic heterocycles. The minimum Gasteiger partial charge on any atom is -0.478 e. The standard InChI is InChI=1S/C8H8O5/c9-6(10)1-3-8(5-13-8)4-2-7(11)12/h1-4H,5H2,(H,9,10)(H,11,12). The summed E-state index contributed by atoms with van der Waals surface area (Å²) in [5.74, 6) is -2.17. The Balaban J connectivity index is 2.57. The van der Waals surface area contributed by atoms with Crippen LogP contribution in [0.15, 0.2) is 24.3 Å². The van der Waals surface area contributed by atoms with Crippen molar-refractivity contribution in [1.82, 2.24) is 0 Å². The van der Waals surface area contributed by atoms with Crippen molar-refractivity contribution in [3.05, 3.63) is 24.3 Å². The third kappa shape index (κ3) is 3.08. The lowest BCUT2D eigenvalue weighted by molar-refractivity contribution is -0.132. The van der Waals surface area contributed by atoms with Gasteiger partial charge in [-0.3, -0.25) is 0 Å². The van der Waals surface area contributed by atoms with Crippen molar-refractivity contribution in [2.24, 2.45) is 0 Å². The third-order valence-corrected chi connectivity index (χ3v) is 1.49. The zero-order valence-electron chi connectivity index (χ0n) is 6.64. The van der Waals surface area contributed by atoms with Crippen LogP contribution in [0.4, 0.5) is 0 Å². The Morgan fingerprint density at radius 2 is 1.54 bits per heavy atom. The van der Waals surface area contributed by atoms with Crippen molar-refractivity contribution in [3.8, 4) is 0 Å². The Morgan fingerprint density at radius 3 is 1.77 bits per heavy atom. The predicted molar refractivity (Wildman–Crippen MR) is 42.2 cm³/mol. The second kappa shape index (κ2) is 3.40. The maximum Gasteiger partial charge on any atom is 0.328 e. The number of aliphatic carboxylic acids is 2. The molecule has 0 spiro atoms. The molecule has 5 heteroatoms. The molecular formula is C8H8O5. The third-order valence-electron chi connectivity index (χ3n) is 1.49. The summed E-state index contributed by atoms with van der Waals surface area (Å²) in [7, 11) is 0. The SMILES string of the molecule is O=C(O)C=CC1(C=CC(=O)O)CO1. The van der Waals surface area contributed by atoms with Crippen LogP contribution in [0.2, 0.25) is 0 Å². The normalized spacial score (nSPS) is 26.8. The van der Waals surface area contributed by atoms with E-state index in [0.717, 1.165) is 12.2 Å². The van der Waals surface area contributed by atoms with Crippen molar-refractivity contribution in [2.75, 3.05) is 6.61 Å². The monoisotopic (exact) mass is 184 g/mol. The minimum atomic E-state index is -1.08. The number of rotatable bonds is 4. The molecule has 0 amide bonds. The Labute approximate surface area is 73.9 Å². The first kappa shape index (κ1) is 9.47. The molecule has 0 aromatic heterocycles. The molecule has 0 radical (unpaired) electrons. The number of epoxide rings is 1. The van der Waals surface area contributed by atoms with E-state index in [1.165, 1.54) is 12.2 Å². The lowest BCUT2D eigenvalue weighted by Gasteiger charge is -1.94. The van der Waals surface area contributed by atoms with Gasteiger partial charge in [0.1, 0.15) is 5.60 Å². The average molecular weight is 184 g/mol. The molecule has 0 atom stereocenters. The molecule has 1 saturated heterocycles. The summed E-state index contributed by atoms with van der Waals surface area (Å²) in [6.07, 6.45) is 4.49. The maximum atomic E-state index is 10.1. The first-order valence-electron chi connectivity index (χ1n) is 3.52. The number of ether oxygens (including phenoxy) is 1. The molecule has 0 aromatic carbocycles. The number of carbonyl (C=O) groups is 2. The first-order valence-corrected chi connectivity index (χ1v) is 3.52. The molecule has 5 nitrogen and oxygen atoms in total. The zero-order chi connectivity index (χ0) is 9.90. The highest BCUT2D eigenvalue weighted by molar-refractivity contribution is 5.81. The van der Waals surface area contributed by atoms with Gasteiger partial charge in [-0.05, 0) is 12.2 Å². The van der Waals surface area contributed by atoms with Crippen molar-refractivity contribution in [2.45, 2.75) is 5.60 Å². The van der Waals surface area contributed by atoms with Crippen LogP contribution in [-0.2, 0) is 14.3 Å². The molecule has 1 fully saturated rings. The summed E-state index contributed by atoms with van der Waals surface area (Å²) >= 11 is 0. The molecule has 0 unspecified atom stereocenters. The topological polar surface area (TPSA) is 87.1 Å². The van der Waals surface area contributed by atoms with E-state index in [9.17, 15) is 9.59 Å². The van der Waals surface area contributed by atoms with Gasteiger partial charge in [0.15, 0.2) is 0 Å². The highest BCUT2D eigenvalue weighted by Gasteiger charge is 2.39. The number of carboxylic acid groups (broad SMARTS) is 2. The largest absolute Gasteiger partial charge is 0.478 e. The quantitative estimate of drug-likeness (QED) is 0.475. The lowest BCUT2D eigenvalue weighted by atomic mass is 10.1. The van der Waals surface area contributed by atoms with E-state index in [1.54, 1.807) is 0 Å². The van der Waals surface area contributed by atoms with Gasteiger partial charge in [0, 0.05) is 12.2 Å². The van der Waals surface area contributed by atoms with Gasteiger partial charge in [-0.2, -0.15) is 0 Å². The van der Waals surface area contributed by atoms with Gasteiger partial charge in [-0.25, -0.2) is 9.59 Å². The molecule has 2 N–H and O–H groups in total. The molecule has 70 valence electrons. The number of hydrogen-bond acceptors (Lipinski definition) is 3. The molecule has 1 heterocycles. The molecule has 0 aromatic rings. The molecule has 0 saturated carbocycles. The summed E-state index contributed by atoms with van der Waals surface area (Å²) in [5.41, 5.74) is -0.809. The van der Waals surface area contributed by atoms with Gasteiger partial charge < -0.3 is 14.9 Å². The van der Waals surface area contributed by atoms with Crippen molar-refractivity contribution >= 4 is 11.9 Å². The highest BCUT2D eigenvalue weighted by Crippen LogP contribution is 2.29. The molecule has 1 rings (SSSR count). The van der Waals surface area contributed by atoms with E-state index < -0.39 is 17.5 Å². The lowest BCUT2D eigenvalue weighted by Crippen LogP contribution is -2.04. The fourth-order valence-electron chi connectivity index (χ4n) is 0.756. The summed E-state index contributed by atoms with van der Waals surface area (Å²) < 4.78 is 4.90. The van der Waals surface area contributed by atoms with Crippen LogP contribution in [0, 0.1) is 0 Å². The average Bonchev–Trinajstić information content (AvgIpc) is 2.78. The van der Waals surface area contributed by atoms with E-state index in [2.05, 4.69) is 0 Å². The van der Waals surface area contributed by atoms with Crippen LogP contribution >= 0.6 is 0 Å². The first-order chi connectivity index (χ1) is 6.04. The fraction of sp³-hybridized carbons (Fsp3) is 0.250. The van der Waals surface area contributed by atoms with Gasteiger partial charge >= 0.3 is 11.9 Å². The Bertz CT molecular complexity index is 259. The Morgan fingerprint density at radius 1 is 1.15 bits per heavy atom. The smallest absolute Gasteiger partial charge is 0.328 e. The van der Waals surface area contributed by atoms with Gasteiger partial charge in [-0.15, -0.1) is 0 Å². The molecular weight excluding hydrogens is 176 g/mol. The van der Waals surface area contributed by atoms with Crippen molar-refractivity contribution in [1.29, 1.82) is 0 Å². The van der Waals surface area contributed by atoms with Gasteiger partial charge in [-0.1, -0.05) is 0 Å². The Hall–Kier alpha value is -1.62. The van der Waals surface area contributed by atoms with Gasteiger partial charge in [0.25, 0.3) is 0 Å². The maximum absolute atomic E-state index is 10.1. The second-order valence-electron chi connectivity index (χ2n) is 2.59. The summed E-state index contributed by atoms with van der Waals surface area (Å²) in [6, 6.07) is 0. The van der Waals surface area contributed by atoms with E-state index in [1.807, 2.05) is 0 Å². The van der Waals surface area contributed by atoms with E-state index in [0.29, 0.717) is 6.61 Å². The summed E-state index contributed by atoms with van der Waals surface area (Å²) in [5, 5.41) is 16.6. The van der Waals surface area contributed by atoms with Crippen LogP contribution in [0.25, 0.3) is 0 Å². The van der Waals surface area contributed by atoms with E-state index in [-0.39, 0.29) is 0 Å². The highest BCUT2D eigenvalue weighted by atomic mass is 16.6. The van der Waals surface area contributed by atoms with Crippen LogP contribution < -0.4 is 0 Å². The second-order valence-corrected chi connectivity index (χ2v) is 2.59. The minimum absolute atomic E-state index is 0.320. The van der Waals surface area contributed by atoms with Gasteiger partial charge in [0.05, 0.1) is 6.61 Å². The van der Waals surface area contributed by atoms with Crippen molar-refractivity contribution < 1.29 is 24.5 Å².